The van der Waals surface area contributed by atoms with Gasteiger partial charge < -0.3 is 0 Å². The first-order chi connectivity index (χ1) is 7.42. The van der Waals surface area contributed by atoms with Crippen LogP contribution in [0, 0.1) is 0 Å². The number of halogens is 1. The van der Waals surface area contributed by atoms with Crippen molar-refractivity contribution in [2.75, 3.05) is 0 Å². The van der Waals surface area contributed by atoms with Crippen molar-refractivity contribution in [3.8, 4) is 0 Å². The van der Waals surface area contributed by atoms with E-state index in [2.05, 4.69) is 31.0 Å². The molecule has 1 nitrogen and oxygen atoms in total. The molecule has 88 valence electrons. The Morgan fingerprint density at radius 3 is 2.38 bits per heavy atom. The summed E-state index contributed by atoms with van der Waals surface area (Å²) in [5.74, 6) is 0. The molecule has 0 aliphatic rings. The topological polar surface area (TPSA) is 12.4 Å². The highest BCUT2D eigenvalue weighted by Crippen LogP contribution is 2.23. The zero-order chi connectivity index (χ0) is 12.2. The summed E-state index contributed by atoms with van der Waals surface area (Å²) in [5.41, 5.74) is 2.26. The molecule has 1 unspecified atom stereocenters. The van der Waals surface area contributed by atoms with E-state index in [4.69, 9.17) is 11.6 Å². The molecule has 0 spiro atoms. The molecule has 0 aromatic heterocycles. The second-order valence-corrected chi connectivity index (χ2v) is 5.50. The molecule has 16 heavy (non-hydrogen) atoms. The van der Waals surface area contributed by atoms with Crippen LogP contribution in [0.25, 0.3) is 0 Å². The molecule has 1 aromatic carbocycles. The third-order valence-corrected chi connectivity index (χ3v) is 2.99. The minimum Gasteiger partial charge on any atom is -0.290 e. The first-order valence-electron chi connectivity index (χ1n) is 5.69. The molecule has 0 radical (unpaired) electrons. The number of nitrogens with zero attached hydrogens (tertiary/aromatic N) is 1. The Labute approximate surface area is 104 Å². The second kappa shape index (κ2) is 5.49. The van der Waals surface area contributed by atoms with Crippen LogP contribution in [0.1, 0.15) is 33.3 Å². The van der Waals surface area contributed by atoms with E-state index in [0.29, 0.717) is 6.04 Å². The van der Waals surface area contributed by atoms with Gasteiger partial charge in [-0.2, -0.15) is 0 Å². The maximum absolute atomic E-state index is 6.53. The van der Waals surface area contributed by atoms with Crippen LogP contribution < -0.4 is 0 Å². The fourth-order valence-electron chi connectivity index (χ4n) is 1.63. The van der Waals surface area contributed by atoms with E-state index in [-0.39, 0.29) is 4.87 Å². The van der Waals surface area contributed by atoms with Gasteiger partial charge in [-0.1, -0.05) is 30.3 Å². The summed E-state index contributed by atoms with van der Waals surface area (Å²) in [4.78, 5) is 4.15. The average Bonchev–Trinajstić information content (AvgIpc) is 2.17. The van der Waals surface area contributed by atoms with Gasteiger partial charge in [0.1, 0.15) is 0 Å². The molecule has 1 aromatic rings. The van der Waals surface area contributed by atoms with Crippen LogP contribution in [0.5, 0.6) is 0 Å². The van der Waals surface area contributed by atoms with Crippen LogP contribution in [0.4, 0.5) is 0 Å². The third-order valence-electron chi connectivity index (χ3n) is 2.59. The van der Waals surface area contributed by atoms with Crippen molar-refractivity contribution in [2.45, 2.75) is 45.0 Å². The van der Waals surface area contributed by atoms with E-state index in [1.165, 1.54) is 5.56 Å². The van der Waals surface area contributed by atoms with Crippen LogP contribution in [0.15, 0.2) is 35.3 Å². The summed E-state index contributed by atoms with van der Waals surface area (Å²) in [7, 11) is 0. The van der Waals surface area contributed by atoms with E-state index in [0.717, 1.165) is 12.1 Å². The fraction of sp³-hybridized carbons (Fsp3) is 0.500. The molecule has 2 heteroatoms. The van der Waals surface area contributed by atoms with Gasteiger partial charge in [-0.25, -0.2) is 0 Å². The molecule has 0 N–H and O–H groups in total. The molecular formula is C14H20ClN. The molecule has 1 atom stereocenters. The van der Waals surface area contributed by atoms with Crippen molar-refractivity contribution < 1.29 is 0 Å². The van der Waals surface area contributed by atoms with Gasteiger partial charge in [0.25, 0.3) is 0 Å². The average molecular weight is 238 g/mol. The van der Waals surface area contributed by atoms with E-state index >= 15 is 0 Å². The number of hydrogen-bond donors (Lipinski definition) is 0. The summed E-state index contributed by atoms with van der Waals surface area (Å²) in [5, 5.41) is 0. The minimum atomic E-state index is -0.383. The Bertz CT molecular complexity index is 352. The standard InChI is InChI=1S/C14H20ClN/c1-11(2)16-12(3)14(4,15)10-13-8-6-5-7-9-13/h5-9,11H,10H2,1-4H3. The van der Waals surface area contributed by atoms with Crippen molar-refractivity contribution in [3.05, 3.63) is 35.9 Å². The van der Waals surface area contributed by atoms with E-state index in [9.17, 15) is 0 Å². The monoisotopic (exact) mass is 237 g/mol. The van der Waals surface area contributed by atoms with Crippen molar-refractivity contribution in [1.29, 1.82) is 0 Å². The van der Waals surface area contributed by atoms with Gasteiger partial charge in [0.15, 0.2) is 0 Å². The minimum absolute atomic E-state index is 0.300. The first-order valence-corrected chi connectivity index (χ1v) is 6.07. The molecule has 0 bridgehead atoms. The Balaban J connectivity index is 2.79. The van der Waals surface area contributed by atoms with E-state index in [1.54, 1.807) is 0 Å². The van der Waals surface area contributed by atoms with Crippen molar-refractivity contribution in [1.82, 2.24) is 0 Å². The lowest BCUT2D eigenvalue weighted by Gasteiger charge is -2.23. The molecule has 0 heterocycles. The predicted octanol–water partition coefficient (Wildman–Crippen LogP) is 4.10. The molecule has 0 amide bonds. The first kappa shape index (κ1) is 13.2. The largest absolute Gasteiger partial charge is 0.290 e. The maximum atomic E-state index is 6.53. The predicted molar refractivity (Wildman–Crippen MR) is 72.6 cm³/mol. The van der Waals surface area contributed by atoms with Gasteiger partial charge in [-0.3, -0.25) is 4.99 Å². The van der Waals surface area contributed by atoms with Crippen molar-refractivity contribution >= 4 is 17.3 Å². The highest BCUT2D eigenvalue weighted by molar-refractivity contribution is 6.35. The number of rotatable bonds is 4. The Morgan fingerprint density at radius 2 is 1.88 bits per heavy atom. The molecule has 0 aliphatic heterocycles. The zero-order valence-corrected chi connectivity index (χ0v) is 11.3. The molecule has 0 aliphatic carbocycles. The Hall–Kier alpha value is -0.820. The molecule has 1 rings (SSSR count). The highest BCUT2D eigenvalue weighted by atomic mass is 35.5. The van der Waals surface area contributed by atoms with Gasteiger partial charge in [0.2, 0.25) is 0 Å². The lowest BCUT2D eigenvalue weighted by molar-refractivity contribution is 0.767. The highest BCUT2D eigenvalue weighted by Gasteiger charge is 2.25. The second-order valence-electron chi connectivity index (χ2n) is 4.67. The van der Waals surface area contributed by atoms with Gasteiger partial charge in [0, 0.05) is 11.8 Å². The van der Waals surface area contributed by atoms with E-state index < -0.39 is 0 Å². The van der Waals surface area contributed by atoms with Gasteiger partial charge in [-0.05, 0) is 39.7 Å². The molecule has 0 saturated carbocycles. The van der Waals surface area contributed by atoms with Crippen LogP contribution in [0.2, 0.25) is 0 Å². The molecule has 0 fully saturated rings. The number of benzene rings is 1. The number of aliphatic imine (C=N–C) groups is 1. The Morgan fingerprint density at radius 1 is 1.31 bits per heavy atom. The number of alkyl halides is 1. The lowest BCUT2D eigenvalue weighted by Crippen LogP contribution is -2.30. The smallest absolute Gasteiger partial charge is 0.0831 e. The Kier molecular flexibility index (Phi) is 4.55. The zero-order valence-electron chi connectivity index (χ0n) is 10.5. The quantitative estimate of drug-likeness (QED) is 0.552. The maximum Gasteiger partial charge on any atom is 0.0831 e. The molecular weight excluding hydrogens is 218 g/mol. The lowest BCUT2D eigenvalue weighted by atomic mass is 9.96. The normalized spacial score (nSPS) is 16.2. The summed E-state index contributed by atoms with van der Waals surface area (Å²) in [6.45, 7) is 8.18. The summed E-state index contributed by atoms with van der Waals surface area (Å²) >= 11 is 6.53. The summed E-state index contributed by atoms with van der Waals surface area (Å²) < 4.78 is 0. The van der Waals surface area contributed by atoms with Crippen LogP contribution in [-0.4, -0.2) is 16.6 Å². The van der Waals surface area contributed by atoms with Gasteiger partial charge >= 0.3 is 0 Å². The molecule has 0 saturated heterocycles. The van der Waals surface area contributed by atoms with E-state index in [1.807, 2.05) is 32.0 Å². The summed E-state index contributed by atoms with van der Waals surface area (Å²) in [6.07, 6.45) is 0.817. The van der Waals surface area contributed by atoms with Crippen molar-refractivity contribution in [3.63, 3.8) is 0 Å². The van der Waals surface area contributed by atoms with Crippen molar-refractivity contribution in [2.24, 2.45) is 4.99 Å². The van der Waals surface area contributed by atoms with Gasteiger partial charge in [-0.15, -0.1) is 11.6 Å². The number of hydrogen-bond acceptors (Lipinski definition) is 1. The van der Waals surface area contributed by atoms with Gasteiger partial charge in [0.05, 0.1) is 4.87 Å². The SMILES string of the molecule is CC(=NC(C)C)C(C)(Cl)Cc1ccccc1. The van der Waals surface area contributed by atoms with Crippen LogP contribution >= 0.6 is 11.6 Å². The summed E-state index contributed by atoms with van der Waals surface area (Å²) in [6, 6.07) is 10.6. The van der Waals surface area contributed by atoms with Crippen LogP contribution in [-0.2, 0) is 6.42 Å². The fourth-order valence-corrected chi connectivity index (χ4v) is 1.83. The third kappa shape index (κ3) is 3.97. The van der Waals surface area contributed by atoms with Crippen LogP contribution in [0.3, 0.4) is 0 Å².